The van der Waals surface area contributed by atoms with Gasteiger partial charge in [0.05, 0.1) is 19.2 Å². The topological polar surface area (TPSA) is 90.5 Å². The second-order valence-electron chi connectivity index (χ2n) is 4.82. The molecule has 6 nitrogen and oxygen atoms in total. The van der Waals surface area contributed by atoms with Crippen LogP contribution in [0.2, 0.25) is 0 Å². The van der Waals surface area contributed by atoms with Gasteiger partial charge in [0.25, 0.3) is 0 Å². The van der Waals surface area contributed by atoms with Crippen LogP contribution in [0.4, 0.5) is 0 Å². The van der Waals surface area contributed by atoms with E-state index in [0.29, 0.717) is 6.42 Å². The van der Waals surface area contributed by atoms with Crippen LogP contribution in [0.5, 0.6) is 0 Å². The first-order valence-electron chi connectivity index (χ1n) is 6.64. The molecule has 2 rings (SSSR count). The summed E-state index contributed by atoms with van der Waals surface area (Å²) in [6.07, 6.45) is 0.572. The van der Waals surface area contributed by atoms with Crippen molar-refractivity contribution in [3.63, 3.8) is 0 Å². The molecule has 20 heavy (non-hydrogen) atoms. The van der Waals surface area contributed by atoms with Gasteiger partial charge in [-0.05, 0) is 12.0 Å². The van der Waals surface area contributed by atoms with Crippen molar-refractivity contribution in [2.75, 3.05) is 19.7 Å². The molecule has 0 radical (unpaired) electrons. The van der Waals surface area contributed by atoms with Crippen LogP contribution in [-0.2, 0) is 16.0 Å². The van der Waals surface area contributed by atoms with Gasteiger partial charge in [-0.1, -0.05) is 30.3 Å². The Morgan fingerprint density at radius 2 is 2.15 bits per heavy atom. The van der Waals surface area contributed by atoms with Crippen molar-refractivity contribution in [3.8, 4) is 0 Å². The number of rotatable bonds is 5. The van der Waals surface area contributed by atoms with Gasteiger partial charge in [-0.15, -0.1) is 0 Å². The maximum atomic E-state index is 12.0. The number of nitrogens with one attached hydrogen (secondary N) is 3. The molecule has 1 aliphatic heterocycles. The summed E-state index contributed by atoms with van der Waals surface area (Å²) in [5.74, 6) is -0.322. The van der Waals surface area contributed by atoms with Crippen molar-refractivity contribution in [2.24, 2.45) is 0 Å². The monoisotopic (exact) mass is 277 g/mol. The Morgan fingerprint density at radius 3 is 2.75 bits per heavy atom. The Balaban J connectivity index is 1.86. The zero-order valence-corrected chi connectivity index (χ0v) is 11.1. The minimum atomic E-state index is -0.447. The van der Waals surface area contributed by atoms with E-state index in [0.717, 1.165) is 5.56 Å². The quantitative estimate of drug-likeness (QED) is 0.544. The van der Waals surface area contributed by atoms with E-state index >= 15 is 0 Å². The molecule has 1 saturated heterocycles. The van der Waals surface area contributed by atoms with E-state index in [9.17, 15) is 14.7 Å². The SMILES string of the molecule is O=C1CNC(C(=O)NC(CO)Cc2ccccc2)CN1. The minimum absolute atomic E-state index is 0.114. The number of hydrogen-bond donors (Lipinski definition) is 4. The van der Waals surface area contributed by atoms with Crippen LogP contribution in [0, 0.1) is 0 Å². The summed E-state index contributed by atoms with van der Waals surface area (Å²) in [6, 6.07) is 8.89. The van der Waals surface area contributed by atoms with Crippen molar-refractivity contribution in [1.29, 1.82) is 0 Å². The highest BCUT2D eigenvalue weighted by Gasteiger charge is 2.25. The second-order valence-corrected chi connectivity index (χ2v) is 4.82. The van der Waals surface area contributed by atoms with E-state index in [1.165, 1.54) is 0 Å². The third-order valence-corrected chi connectivity index (χ3v) is 3.22. The predicted octanol–water partition coefficient (Wildman–Crippen LogP) is -1.21. The molecule has 0 bridgehead atoms. The van der Waals surface area contributed by atoms with E-state index in [4.69, 9.17) is 0 Å². The Labute approximate surface area is 117 Å². The molecular formula is C14H19N3O3. The fourth-order valence-electron chi connectivity index (χ4n) is 2.11. The minimum Gasteiger partial charge on any atom is -0.394 e. The summed E-state index contributed by atoms with van der Waals surface area (Å²) < 4.78 is 0. The largest absolute Gasteiger partial charge is 0.394 e. The second kappa shape index (κ2) is 7.02. The van der Waals surface area contributed by atoms with Gasteiger partial charge in [0.2, 0.25) is 11.8 Å². The Hall–Kier alpha value is -1.92. The average Bonchev–Trinajstić information content (AvgIpc) is 2.48. The Bertz CT molecular complexity index is 454. The van der Waals surface area contributed by atoms with Gasteiger partial charge < -0.3 is 15.7 Å². The van der Waals surface area contributed by atoms with Gasteiger partial charge in [-0.2, -0.15) is 0 Å². The first kappa shape index (κ1) is 14.5. The molecule has 108 valence electrons. The van der Waals surface area contributed by atoms with Gasteiger partial charge in [-0.3, -0.25) is 14.9 Å². The summed E-state index contributed by atoms with van der Waals surface area (Å²) in [5, 5.41) is 17.7. The lowest BCUT2D eigenvalue weighted by molar-refractivity contribution is -0.127. The smallest absolute Gasteiger partial charge is 0.239 e. The average molecular weight is 277 g/mol. The standard InChI is InChI=1S/C14H19N3O3/c18-9-11(6-10-4-2-1-3-5-10)17-14(20)12-7-16-13(19)8-15-12/h1-5,11-12,15,18H,6-9H2,(H,16,19)(H,17,20). The van der Waals surface area contributed by atoms with Crippen LogP contribution in [0.25, 0.3) is 0 Å². The molecule has 2 unspecified atom stereocenters. The molecule has 6 heteroatoms. The predicted molar refractivity (Wildman–Crippen MR) is 74.0 cm³/mol. The molecule has 0 spiro atoms. The lowest BCUT2D eigenvalue weighted by Crippen LogP contribution is -2.59. The number of aliphatic hydroxyl groups is 1. The highest BCUT2D eigenvalue weighted by molar-refractivity contribution is 5.86. The summed E-state index contributed by atoms with van der Waals surface area (Å²) >= 11 is 0. The van der Waals surface area contributed by atoms with Gasteiger partial charge in [-0.25, -0.2) is 0 Å². The summed E-state index contributed by atoms with van der Waals surface area (Å²) in [7, 11) is 0. The van der Waals surface area contributed by atoms with E-state index in [-0.39, 0.29) is 37.6 Å². The van der Waals surface area contributed by atoms with Crippen LogP contribution in [0.1, 0.15) is 5.56 Å². The third-order valence-electron chi connectivity index (χ3n) is 3.22. The fraction of sp³-hybridized carbons (Fsp3) is 0.429. The molecule has 1 fully saturated rings. The number of carbonyl (C=O) groups is 2. The number of piperazine rings is 1. The van der Waals surface area contributed by atoms with Crippen LogP contribution in [-0.4, -0.2) is 48.7 Å². The fourth-order valence-corrected chi connectivity index (χ4v) is 2.11. The van der Waals surface area contributed by atoms with E-state index in [1.807, 2.05) is 30.3 Å². The maximum Gasteiger partial charge on any atom is 0.239 e. The van der Waals surface area contributed by atoms with Crippen LogP contribution >= 0.6 is 0 Å². The molecule has 2 amide bonds. The first-order valence-corrected chi connectivity index (χ1v) is 6.64. The molecule has 1 aromatic rings. The van der Waals surface area contributed by atoms with E-state index < -0.39 is 6.04 Å². The molecule has 2 atom stereocenters. The highest BCUT2D eigenvalue weighted by Crippen LogP contribution is 2.03. The number of hydrogen-bond acceptors (Lipinski definition) is 4. The first-order chi connectivity index (χ1) is 9.69. The molecule has 1 heterocycles. The van der Waals surface area contributed by atoms with Crippen molar-refractivity contribution in [3.05, 3.63) is 35.9 Å². The number of amides is 2. The van der Waals surface area contributed by atoms with Crippen molar-refractivity contribution >= 4 is 11.8 Å². The third kappa shape index (κ3) is 4.04. The Kier molecular flexibility index (Phi) is 5.09. The molecule has 0 aliphatic carbocycles. The molecular weight excluding hydrogens is 258 g/mol. The van der Waals surface area contributed by atoms with Gasteiger partial charge in [0.15, 0.2) is 0 Å². The molecule has 1 aliphatic rings. The van der Waals surface area contributed by atoms with Crippen molar-refractivity contribution in [2.45, 2.75) is 18.5 Å². The molecule has 4 N–H and O–H groups in total. The van der Waals surface area contributed by atoms with Gasteiger partial charge >= 0.3 is 0 Å². The van der Waals surface area contributed by atoms with Crippen molar-refractivity contribution in [1.82, 2.24) is 16.0 Å². The van der Waals surface area contributed by atoms with Gasteiger partial charge in [0.1, 0.15) is 6.04 Å². The van der Waals surface area contributed by atoms with Crippen molar-refractivity contribution < 1.29 is 14.7 Å². The molecule has 0 saturated carbocycles. The van der Waals surface area contributed by atoms with Crippen LogP contribution in [0.3, 0.4) is 0 Å². The number of aliphatic hydroxyl groups excluding tert-OH is 1. The summed E-state index contributed by atoms with van der Waals surface area (Å²) in [5.41, 5.74) is 1.05. The lowest BCUT2D eigenvalue weighted by Gasteiger charge is -2.25. The normalized spacial score (nSPS) is 20.1. The molecule has 1 aromatic carbocycles. The molecule has 0 aromatic heterocycles. The van der Waals surface area contributed by atoms with Crippen LogP contribution < -0.4 is 16.0 Å². The zero-order chi connectivity index (χ0) is 14.4. The van der Waals surface area contributed by atoms with Gasteiger partial charge in [0, 0.05) is 6.54 Å². The summed E-state index contributed by atoms with van der Waals surface area (Å²) in [6.45, 7) is 0.286. The van der Waals surface area contributed by atoms with Crippen LogP contribution in [0.15, 0.2) is 30.3 Å². The highest BCUT2D eigenvalue weighted by atomic mass is 16.3. The Morgan fingerprint density at radius 1 is 1.40 bits per heavy atom. The van der Waals surface area contributed by atoms with E-state index in [2.05, 4.69) is 16.0 Å². The van der Waals surface area contributed by atoms with E-state index in [1.54, 1.807) is 0 Å². The number of benzene rings is 1. The lowest BCUT2D eigenvalue weighted by atomic mass is 10.1. The maximum absolute atomic E-state index is 12.0. The number of carbonyl (C=O) groups excluding carboxylic acids is 2. The zero-order valence-electron chi connectivity index (χ0n) is 11.1. The summed E-state index contributed by atoms with van der Waals surface area (Å²) in [4.78, 5) is 23.0.